The van der Waals surface area contributed by atoms with E-state index in [9.17, 15) is 0 Å². The van der Waals surface area contributed by atoms with Crippen LogP contribution in [0.4, 0.5) is 0 Å². The summed E-state index contributed by atoms with van der Waals surface area (Å²) in [4.78, 5) is 4.10. The predicted molar refractivity (Wildman–Crippen MR) is 46.5 cm³/mol. The van der Waals surface area contributed by atoms with Crippen molar-refractivity contribution in [2.45, 2.75) is 32.7 Å². The molecule has 0 N–H and O–H groups in total. The minimum atomic E-state index is 0.413. The van der Waals surface area contributed by atoms with Gasteiger partial charge in [0, 0.05) is 18.9 Å². The van der Waals surface area contributed by atoms with Crippen LogP contribution in [0, 0.1) is 11.3 Å². The molecule has 0 aliphatic carbocycles. The highest BCUT2D eigenvalue weighted by Gasteiger charge is 1.99. The summed E-state index contributed by atoms with van der Waals surface area (Å²) in [5, 5.41) is 8.48. The minimum absolute atomic E-state index is 0.413. The molecule has 0 radical (unpaired) electrons. The summed E-state index contributed by atoms with van der Waals surface area (Å²) in [6.07, 6.45) is 6.42. The zero-order chi connectivity index (χ0) is 8.81. The topological polar surface area (TPSA) is 41.6 Å². The number of nitrogens with zero attached hydrogens (tertiary/aromatic N) is 3. The smallest absolute Gasteiger partial charge is 0.122 e. The summed E-state index contributed by atoms with van der Waals surface area (Å²) in [5.41, 5.74) is 0. The van der Waals surface area contributed by atoms with E-state index in [0.29, 0.717) is 6.42 Å². The molecule has 1 aromatic rings. The van der Waals surface area contributed by atoms with Crippen LogP contribution in [0.5, 0.6) is 0 Å². The maximum absolute atomic E-state index is 8.48. The van der Waals surface area contributed by atoms with Crippen molar-refractivity contribution in [3.63, 3.8) is 0 Å². The molecule has 0 amide bonds. The number of aromatic nitrogens is 2. The van der Waals surface area contributed by atoms with E-state index in [-0.39, 0.29) is 0 Å². The van der Waals surface area contributed by atoms with Gasteiger partial charge in [0.2, 0.25) is 0 Å². The van der Waals surface area contributed by atoms with E-state index in [1.807, 2.05) is 10.8 Å². The molecule has 0 atom stereocenters. The minimum Gasteiger partial charge on any atom is -0.334 e. The molecule has 1 aromatic heterocycles. The Labute approximate surface area is 72.7 Å². The number of nitriles is 1. The average Bonchev–Trinajstić information content (AvgIpc) is 2.50. The molecule has 0 fully saturated rings. The monoisotopic (exact) mass is 163 g/mol. The highest BCUT2D eigenvalue weighted by Crippen LogP contribution is 2.01. The Bertz CT molecular complexity index is 270. The summed E-state index contributed by atoms with van der Waals surface area (Å²) in [7, 11) is 0. The quantitative estimate of drug-likeness (QED) is 0.678. The number of hydrogen-bond donors (Lipinski definition) is 0. The second-order valence-electron chi connectivity index (χ2n) is 2.73. The average molecular weight is 163 g/mol. The van der Waals surface area contributed by atoms with E-state index in [2.05, 4.69) is 18.0 Å². The standard InChI is InChI=1S/C9H13N3/c1-2-3-7-12-8-6-11-9(12)4-5-10/h6,8H,2-4,7H2,1H3. The second kappa shape index (κ2) is 4.55. The third-order valence-electron chi connectivity index (χ3n) is 1.79. The van der Waals surface area contributed by atoms with Crippen molar-refractivity contribution in [3.8, 4) is 6.07 Å². The van der Waals surface area contributed by atoms with Crippen LogP contribution >= 0.6 is 0 Å². The second-order valence-corrected chi connectivity index (χ2v) is 2.73. The molecule has 0 bridgehead atoms. The molecule has 0 aliphatic heterocycles. The molecule has 3 nitrogen and oxygen atoms in total. The first kappa shape index (κ1) is 8.79. The Morgan fingerprint density at radius 3 is 3.17 bits per heavy atom. The summed E-state index contributed by atoms with van der Waals surface area (Å²) in [6.45, 7) is 3.13. The van der Waals surface area contributed by atoms with Gasteiger partial charge in [0.05, 0.1) is 12.5 Å². The molecule has 0 spiro atoms. The Balaban J connectivity index is 2.58. The van der Waals surface area contributed by atoms with Crippen LogP contribution in [0.15, 0.2) is 12.4 Å². The van der Waals surface area contributed by atoms with Crippen molar-refractivity contribution in [2.75, 3.05) is 0 Å². The number of rotatable bonds is 4. The predicted octanol–water partition coefficient (Wildman–Crippen LogP) is 1.75. The van der Waals surface area contributed by atoms with Gasteiger partial charge < -0.3 is 4.57 Å². The van der Waals surface area contributed by atoms with Crippen LogP contribution in [-0.2, 0) is 13.0 Å². The van der Waals surface area contributed by atoms with Gasteiger partial charge in [-0.25, -0.2) is 4.98 Å². The van der Waals surface area contributed by atoms with Gasteiger partial charge in [-0.3, -0.25) is 0 Å². The molecule has 1 heterocycles. The lowest BCUT2D eigenvalue weighted by Crippen LogP contribution is -2.01. The first-order valence-electron chi connectivity index (χ1n) is 4.25. The molecule has 0 saturated carbocycles. The molecule has 0 aliphatic rings. The molecule has 64 valence electrons. The van der Waals surface area contributed by atoms with Gasteiger partial charge in [0.15, 0.2) is 0 Å². The number of unbranched alkanes of at least 4 members (excludes halogenated alkanes) is 1. The van der Waals surface area contributed by atoms with E-state index in [4.69, 9.17) is 5.26 Å². The third kappa shape index (κ3) is 2.09. The largest absolute Gasteiger partial charge is 0.334 e. The highest BCUT2D eigenvalue weighted by atomic mass is 15.1. The maximum atomic E-state index is 8.48. The first-order chi connectivity index (χ1) is 5.88. The third-order valence-corrected chi connectivity index (χ3v) is 1.79. The van der Waals surface area contributed by atoms with Crippen molar-refractivity contribution < 1.29 is 0 Å². The molecule has 0 aromatic carbocycles. The summed E-state index contributed by atoms with van der Waals surface area (Å²) >= 11 is 0. The lowest BCUT2D eigenvalue weighted by Gasteiger charge is -2.02. The van der Waals surface area contributed by atoms with Gasteiger partial charge in [-0.2, -0.15) is 5.26 Å². The fourth-order valence-corrected chi connectivity index (χ4v) is 1.11. The molecule has 0 unspecified atom stereocenters. The Kier molecular flexibility index (Phi) is 3.34. The molecule has 3 heteroatoms. The molecule has 0 saturated heterocycles. The van der Waals surface area contributed by atoms with Gasteiger partial charge in [-0.1, -0.05) is 13.3 Å². The van der Waals surface area contributed by atoms with E-state index in [1.54, 1.807) is 6.20 Å². The van der Waals surface area contributed by atoms with Crippen LogP contribution in [0.2, 0.25) is 0 Å². The van der Waals surface area contributed by atoms with Crippen molar-refractivity contribution >= 4 is 0 Å². The van der Waals surface area contributed by atoms with Crippen LogP contribution in [0.25, 0.3) is 0 Å². The van der Waals surface area contributed by atoms with Crippen LogP contribution in [-0.4, -0.2) is 9.55 Å². The number of aryl methyl sites for hydroxylation is 1. The maximum Gasteiger partial charge on any atom is 0.122 e. The van der Waals surface area contributed by atoms with Gasteiger partial charge in [-0.15, -0.1) is 0 Å². The van der Waals surface area contributed by atoms with Crippen LogP contribution in [0.3, 0.4) is 0 Å². The molecule has 12 heavy (non-hydrogen) atoms. The fourth-order valence-electron chi connectivity index (χ4n) is 1.11. The van der Waals surface area contributed by atoms with Crippen molar-refractivity contribution in [3.05, 3.63) is 18.2 Å². The van der Waals surface area contributed by atoms with Gasteiger partial charge in [-0.05, 0) is 6.42 Å². The van der Waals surface area contributed by atoms with Crippen molar-refractivity contribution in [2.24, 2.45) is 0 Å². The Hall–Kier alpha value is -1.30. The molecular weight excluding hydrogens is 150 g/mol. The van der Waals surface area contributed by atoms with Gasteiger partial charge >= 0.3 is 0 Å². The highest BCUT2D eigenvalue weighted by molar-refractivity contribution is 4.98. The van der Waals surface area contributed by atoms with Gasteiger partial charge in [0.1, 0.15) is 5.82 Å². The summed E-state index contributed by atoms with van der Waals surface area (Å²) < 4.78 is 2.05. The lowest BCUT2D eigenvalue weighted by atomic mass is 10.3. The summed E-state index contributed by atoms with van der Waals surface area (Å²) in [5.74, 6) is 0.881. The SMILES string of the molecule is CCCCn1ccnc1CC#N. The molecular formula is C9H13N3. The Morgan fingerprint density at radius 2 is 2.50 bits per heavy atom. The normalized spacial score (nSPS) is 9.67. The zero-order valence-electron chi connectivity index (χ0n) is 7.32. The van der Waals surface area contributed by atoms with Crippen molar-refractivity contribution in [1.82, 2.24) is 9.55 Å². The fraction of sp³-hybridized carbons (Fsp3) is 0.556. The zero-order valence-corrected chi connectivity index (χ0v) is 7.32. The van der Waals surface area contributed by atoms with E-state index >= 15 is 0 Å². The van der Waals surface area contributed by atoms with Gasteiger partial charge in [0.25, 0.3) is 0 Å². The number of imidazole rings is 1. The Morgan fingerprint density at radius 1 is 1.67 bits per heavy atom. The molecule has 1 rings (SSSR count). The lowest BCUT2D eigenvalue weighted by molar-refractivity contribution is 0.611. The van der Waals surface area contributed by atoms with E-state index in [0.717, 1.165) is 18.8 Å². The number of hydrogen-bond acceptors (Lipinski definition) is 2. The van der Waals surface area contributed by atoms with E-state index in [1.165, 1.54) is 6.42 Å². The summed E-state index contributed by atoms with van der Waals surface area (Å²) in [6, 6.07) is 2.10. The van der Waals surface area contributed by atoms with Crippen LogP contribution < -0.4 is 0 Å². The first-order valence-corrected chi connectivity index (χ1v) is 4.25. The van der Waals surface area contributed by atoms with E-state index < -0.39 is 0 Å². The van der Waals surface area contributed by atoms with Crippen LogP contribution in [0.1, 0.15) is 25.6 Å². The van der Waals surface area contributed by atoms with Crippen molar-refractivity contribution in [1.29, 1.82) is 5.26 Å².